The number of nitrogens with one attached hydrogen (secondary N) is 1. The van der Waals surface area contributed by atoms with E-state index in [0.717, 1.165) is 22.3 Å². The number of hydrogen-bond donors (Lipinski definition) is 1. The van der Waals surface area contributed by atoms with Gasteiger partial charge in [-0.15, -0.1) is 0 Å². The van der Waals surface area contributed by atoms with Crippen LogP contribution in [0.3, 0.4) is 0 Å². The number of nitrogens with zero attached hydrogens (tertiary/aromatic N) is 3. The molecule has 3 aromatic carbocycles. The molecule has 0 fully saturated rings. The van der Waals surface area contributed by atoms with E-state index in [4.69, 9.17) is 37.7 Å². The topological polar surface area (TPSA) is 112 Å². The molecule has 2 heterocycles. The molecule has 0 amide bonds. The van der Waals surface area contributed by atoms with Crippen LogP contribution < -0.4 is 20.3 Å². The lowest BCUT2D eigenvalue weighted by Gasteiger charge is -2.18. The lowest BCUT2D eigenvalue weighted by atomic mass is 10.00. The number of halogens is 2. The van der Waals surface area contributed by atoms with E-state index in [9.17, 15) is 14.4 Å². The molecule has 48 heavy (non-hydrogen) atoms. The minimum absolute atomic E-state index is 0.0932. The molecule has 9 nitrogen and oxygen atoms in total. The van der Waals surface area contributed by atoms with Crippen molar-refractivity contribution in [1.29, 1.82) is 0 Å². The molecule has 0 unspecified atom stereocenters. The molecule has 0 aliphatic carbocycles. The summed E-state index contributed by atoms with van der Waals surface area (Å²) in [5, 5.41) is 3.99. The van der Waals surface area contributed by atoms with Crippen LogP contribution in [0, 0.1) is 6.92 Å². The highest BCUT2D eigenvalue weighted by molar-refractivity contribution is 6.41. The van der Waals surface area contributed by atoms with Crippen molar-refractivity contribution in [2.75, 3.05) is 19.5 Å². The molecule has 0 aliphatic heterocycles. The maximum Gasteiger partial charge on any atom is 0.260 e. The summed E-state index contributed by atoms with van der Waals surface area (Å²) in [6, 6.07) is 16.2. The number of carbonyl (C=O) groups excluding carboxylic acids is 2. The number of hydrogen-bond acceptors (Lipinski definition) is 8. The zero-order valence-electron chi connectivity index (χ0n) is 26.6. The first-order chi connectivity index (χ1) is 23.1. The normalized spacial score (nSPS) is 10.9. The Morgan fingerprint density at radius 2 is 1.56 bits per heavy atom. The zero-order valence-corrected chi connectivity index (χ0v) is 28.1. The van der Waals surface area contributed by atoms with Crippen molar-refractivity contribution in [2.24, 2.45) is 0 Å². The van der Waals surface area contributed by atoms with Gasteiger partial charge in [0.15, 0.2) is 11.6 Å². The van der Waals surface area contributed by atoms with Crippen molar-refractivity contribution in [1.82, 2.24) is 14.5 Å². The van der Waals surface area contributed by atoms with Crippen LogP contribution in [0.4, 0.5) is 11.6 Å². The average molecular weight is 684 g/mol. The number of para-hydroxylation sites is 1. The van der Waals surface area contributed by atoms with Crippen molar-refractivity contribution in [3.63, 3.8) is 0 Å². The van der Waals surface area contributed by atoms with Crippen LogP contribution in [-0.4, -0.2) is 40.3 Å². The van der Waals surface area contributed by atoms with Crippen LogP contribution in [0.2, 0.25) is 10.0 Å². The summed E-state index contributed by atoms with van der Waals surface area (Å²) in [5.41, 5.74) is 4.18. The summed E-state index contributed by atoms with van der Waals surface area (Å²) in [5.74, 6) is 0.512. The predicted octanol–water partition coefficient (Wildman–Crippen LogP) is 7.48. The van der Waals surface area contributed by atoms with Gasteiger partial charge in [0.25, 0.3) is 5.56 Å². The van der Waals surface area contributed by atoms with Gasteiger partial charge >= 0.3 is 0 Å². The molecular weight excluding hydrogens is 651 g/mol. The molecule has 244 valence electrons. The van der Waals surface area contributed by atoms with Crippen molar-refractivity contribution < 1.29 is 19.1 Å². The summed E-state index contributed by atoms with van der Waals surface area (Å²) in [7, 11) is 2.91. The van der Waals surface area contributed by atoms with E-state index in [1.165, 1.54) is 30.9 Å². The number of aromatic nitrogens is 3. The highest BCUT2D eigenvalue weighted by Gasteiger charge is 2.24. The Balaban J connectivity index is 1.72. The van der Waals surface area contributed by atoms with Gasteiger partial charge in [-0.2, -0.15) is 4.98 Å². The molecule has 0 aliphatic rings. The lowest BCUT2D eigenvalue weighted by Crippen LogP contribution is -2.24. The summed E-state index contributed by atoms with van der Waals surface area (Å²) in [4.78, 5) is 48.2. The number of pyridine rings is 1. The number of fused-ring (bicyclic) bond motifs is 1. The lowest BCUT2D eigenvalue weighted by molar-refractivity contribution is -0.114. The maximum absolute atomic E-state index is 14.5. The average Bonchev–Trinajstić information content (AvgIpc) is 3.08. The first-order valence-electron chi connectivity index (χ1n) is 14.8. The molecule has 2 aromatic heterocycles. The molecule has 1 N–H and O–H groups in total. The third-order valence-electron chi connectivity index (χ3n) is 7.87. The van der Waals surface area contributed by atoms with Crippen LogP contribution in [0.15, 0.2) is 90.9 Å². The van der Waals surface area contributed by atoms with Gasteiger partial charge in [0.05, 0.1) is 36.4 Å². The zero-order chi connectivity index (χ0) is 34.5. The minimum atomic E-state index is -0.437. The number of ketones is 2. The molecule has 0 atom stereocenters. The molecule has 11 heteroatoms. The summed E-state index contributed by atoms with van der Waals surface area (Å²) < 4.78 is 12.4. The Labute approximate surface area is 287 Å². The van der Waals surface area contributed by atoms with E-state index in [-0.39, 0.29) is 69.6 Å². The van der Waals surface area contributed by atoms with Crippen LogP contribution in [-0.2, 0) is 29.0 Å². The van der Waals surface area contributed by atoms with Crippen molar-refractivity contribution in [2.45, 2.75) is 26.3 Å². The molecule has 0 saturated heterocycles. The number of ether oxygens (including phenoxy) is 2. The van der Waals surface area contributed by atoms with E-state index in [0.29, 0.717) is 16.7 Å². The van der Waals surface area contributed by atoms with E-state index in [1.807, 2.05) is 49.4 Å². The van der Waals surface area contributed by atoms with Gasteiger partial charge in [-0.25, -0.2) is 4.98 Å². The number of allylic oxidation sites excluding steroid dienone is 2. The van der Waals surface area contributed by atoms with E-state index in [2.05, 4.69) is 23.5 Å². The molecule has 0 spiro atoms. The van der Waals surface area contributed by atoms with Gasteiger partial charge in [0.2, 0.25) is 5.95 Å². The standard InChI is InChI=1S/C37H32Cl2N4O5/c1-6-26(44)15-23-10-8-9-11-29(23)41-37-40-19-25-17-28(32-33(38)30(47-4)18-31(48-5)34(32)39)36(46)43(35(25)42-37)20-22-13-12-21(3)24(14-22)16-27(45)7-2/h6-14,17-19H,1-2,15-16,20H2,3-5H3,(H,40,41,42). The fourth-order valence-electron chi connectivity index (χ4n) is 5.30. The minimum Gasteiger partial charge on any atom is -0.495 e. The van der Waals surface area contributed by atoms with Gasteiger partial charge in [-0.05, 0) is 53.5 Å². The third kappa shape index (κ3) is 7.02. The smallest absolute Gasteiger partial charge is 0.260 e. The molecular formula is C37H32Cl2N4O5. The number of carbonyl (C=O) groups is 2. The van der Waals surface area contributed by atoms with Crippen molar-refractivity contribution in [3.05, 3.63) is 129 Å². The monoisotopic (exact) mass is 682 g/mol. The van der Waals surface area contributed by atoms with Crippen LogP contribution in [0.25, 0.3) is 22.2 Å². The number of rotatable bonds is 13. The number of methoxy groups -OCH3 is 2. The van der Waals surface area contributed by atoms with Crippen LogP contribution in [0.1, 0.15) is 22.3 Å². The first-order valence-corrected chi connectivity index (χ1v) is 15.6. The quantitative estimate of drug-likeness (QED) is 0.127. The Morgan fingerprint density at radius 1 is 0.917 bits per heavy atom. The molecule has 0 saturated carbocycles. The Bertz CT molecular complexity index is 2130. The third-order valence-corrected chi connectivity index (χ3v) is 8.62. The van der Waals surface area contributed by atoms with Crippen LogP contribution in [0.5, 0.6) is 11.5 Å². The largest absolute Gasteiger partial charge is 0.495 e. The number of anilines is 2. The summed E-state index contributed by atoms with van der Waals surface area (Å²) >= 11 is 13.5. The van der Waals surface area contributed by atoms with E-state index in [1.54, 1.807) is 18.3 Å². The Kier molecular flexibility index (Phi) is 10.4. The molecule has 5 aromatic rings. The fourth-order valence-corrected chi connectivity index (χ4v) is 6.00. The van der Waals surface area contributed by atoms with E-state index < -0.39 is 5.56 Å². The molecule has 0 radical (unpaired) electrons. The van der Waals surface area contributed by atoms with Gasteiger partial charge in [0, 0.05) is 41.7 Å². The van der Waals surface area contributed by atoms with Gasteiger partial charge in [-0.1, -0.05) is 72.8 Å². The summed E-state index contributed by atoms with van der Waals surface area (Å²) in [6.07, 6.45) is 4.48. The number of aryl methyl sites for hydroxylation is 1. The van der Waals surface area contributed by atoms with E-state index >= 15 is 0 Å². The highest BCUT2D eigenvalue weighted by atomic mass is 35.5. The van der Waals surface area contributed by atoms with Gasteiger partial charge in [0.1, 0.15) is 17.1 Å². The Hall–Kier alpha value is -5.25. The second kappa shape index (κ2) is 14.7. The fraction of sp³-hybridized carbons (Fsp3) is 0.162. The highest BCUT2D eigenvalue weighted by Crippen LogP contribution is 2.45. The second-order valence-corrected chi connectivity index (χ2v) is 11.7. The van der Waals surface area contributed by atoms with Crippen molar-refractivity contribution in [3.8, 4) is 22.6 Å². The molecule has 5 rings (SSSR count). The first kappa shape index (κ1) is 34.1. The van der Waals surface area contributed by atoms with Crippen LogP contribution >= 0.6 is 23.2 Å². The Morgan fingerprint density at radius 3 is 2.21 bits per heavy atom. The maximum atomic E-state index is 14.5. The van der Waals surface area contributed by atoms with Crippen molar-refractivity contribution >= 4 is 57.4 Å². The molecule has 0 bridgehead atoms. The second-order valence-electron chi connectivity index (χ2n) is 10.9. The predicted molar refractivity (Wildman–Crippen MR) is 190 cm³/mol. The van der Waals surface area contributed by atoms with Gasteiger partial charge in [-0.3, -0.25) is 19.0 Å². The van der Waals surface area contributed by atoms with Gasteiger partial charge < -0.3 is 14.8 Å². The SMILES string of the molecule is C=CC(=O)Cc1cc(Cn2c(=O)c(-c3c(Cl)c(OC)cc(OC)c3Cl)cc3cnc(Nc4ccccc4CC(=O)C=C)nc32)ccc1C. The summed E-state index contributed by atoms with van der Waals surface area (Å²) in [6.45, 7) is 9.17. The number of benzene rings is 3.